The summed E-state index contributed by atoms with van der Waals surface area (Å²) < 4.78 is 27.6. The van der Waals surface area contributed by atoms with E-state index in [1.165, 1.54) is 0 Å². The number of para-hydroxylation sites is 1. The second-order valence-electron chi connectivity index (χ2n) is 5.90. The Morgan fingerprint density at radius 1 is 1.09 bits per heavy atom. The van der Waals surface area contributed by atoms with E-state index in [9.17, 15) is 8.42 Å². The number of hydrogen-bond donors (Lipinski definition) is 2. The summed E-state index contributed by atoms with van der Waals surface area (Å²) in [5, 5.41) is 1.13. The SMILES string of the molecule is Cc1ccc(S(=O)(=O)N[C@@H](C)Cc2c[nH]c3ccccc23)cc1. The molecule has 2 N–H and O–H groups in total. The summed E-state index contributed by atoms with van der Waals surface area (Å²) in [7, 11) is -3.49. The van der Waals surface area contributed by atoms with Crippen molar-refractivity contribution in [2.45, 2.75) is 31.2 Å². The molecule has 0 aliphatic rings. The molecule has 0 amide bonds. The first-order chi connectivity index (χ1) is 11.0. The standard InChI is InChI=1S/C18H20N2O2S/c1-13-7-9-16(10-8-13)23(21,22)20-14(2)11-15-12-19-18-6-4-3-5-17(15)18/h3-10,12,14,19-20H,11H2,1-2H3/t14-/m0/s1. The van der Waals surface area contributed by atoms with Gasteiger partial charge in [-0.05, 0) is 44.0 Å². The van der Waals surface area contributed by atoms with Gasteiger partial charge in [-0.25, -0.2) is 13.1 Å². The lowest BCUT2D eigenvalue weighted by Crippen LogP contribution is -2.34. The van der Waals surface area contributed by atoms with Crippen LogP contribution in [0, 0.1) is 6.92 Å². The van der Waals surface area contributed by atoms with Crippen LogP contribution in [0.15, 0.2) is 59.6 Å². The molecule has 0 spiro atoms. The lowest BCUT2D eigenvalue weighted by molar-refractivity contribution is 0.560. The highest BCUT2D eigenvalue weighted by Crippen LogP contribution is 2.19. The minimum atomic E-state index is -3.49. The van der Waals surface area contributed by atoms with Crippen LogP contribution in [0.25, 0.3) is 10.9 Å². The van der Waals surface area contributed by atoms with Gasteiger partial charge in [0.2, 0.25) is 10.0 Å². The molecule has 5 heteroatoms. The summed E-state index contributed by atoms with van der Waals surface area (Å²) in [5.41, 5.74) is 3.21. The van der Waals surface area contributed by atoms with Crippen LogP contribution in [0.3, 0.4) is 0 Å². The molecule has 2 aromatic carbocycles. The average Bonchev–Trinajstić information content (AvgIpc) is 2.90. The van der Waals surface area contributed by atoms with Gasteiger partial charge < -0.3 is 4.98 Å². The van der Waals surface area contributed by atoms with Gasteiger partial charge in [-0.15, -0.1) is 0 Å². The Labute approximate surface area is 136 Å². The van der Waals surface area contributed by atoms with Gasteiger partial charge in [0.15, 0.2) is 0 Å². The number of hydrogen-bond acceptors (Lipinski definition) is 2. The van der Waals surface area contributed by atoms with E-state index >= 15 is 0 Å². The predicted octanol–water partition coefficient (Wildman–Crippen LogP) is 3.39. The third kappa shape index (κ3) is 3.46. The van der Waals surface area contributed by atoms with Crippen molar-refractivity contribution in [3.8, 4) is 0 Å². The highest BCUT2D eigenvalue weighted by Gasteiger charge is 2.18. The van der Waals surface area contributed by atoms with Crippen molar-refractivity contribution in [1.82, 2.24) is 9.71 Å². The highest BCUT2D eigenvalue weighted by molar-refractivity contribution is 7.89. The maximum Gasteiger partial charge on any atom is 0.240 e. The van der Waals surface area contributed by atoms with Crippen LogP contribution >= 0.6 is 0 Å². The molecule has 0 saturated heterocycles. The van der Waals surface area contributed by atoms with E-state index in [2.05, 4.69) is 9.71 Å². The normalized spacial score (nSPS) is 13.3. The lowest BCUT2D eigenvalue weighted by atomic mass is 10.1. The van der Waals surface area contributed by atoms with Crippen LogP contribution in [-0.2, 0) is 16.4 Å². The number of rotatable bonds is 5. The molecule has 3 aromatic rings. The molecule has 4 nitrogen and oxygen atoms in total. The van der Waals surface area contributed by atoms with Crippen LogP contribution in [0.2, 0.25) is 0 Å². The molecule has 1 heterocycles. The molecule has 1 aromatic heterocycles. The van der Waals surface area contributed by atoms with Gasteiger partial charge in [-0.3, -0.25) is 0 Å². The number of benzene rings is 2. The molecular weight excluding hydrogens is 308 g/mol. The van der Waals surface area contributed by atoms with E-state index in [1.54, 1.807) is 24.3 Å². The Morgan fingerprint density at radius 2 is 1.78 bits per heavy atom. The van der Waals surface area contributed by atoms with Crippen molar-refractivity contribution >= 4 is 20.9 Å². The number of aryl methyl sites for hydroxylation is 1. The van der Waals surface area contributed by atoms with Crippen LogP contribution in [0.5, 0.6) is 0 Å². The van der Waals surface area contributed by atoms with E-state index in [0.29, 0.717) is 11.3 Å². The van der Waals surface area contributed by atoms with Gasteiger partial charge in [-0.2, -0.15) is 0 Å². The van der Waals surface area contributed by atoms with Crippen LogP contribution in [0.1, 0.15) is 18.1 Å². The average molecular weight is 328 g/mol. The Balaban J connectivity index is 1.76. The Bertz CT molecular complexity index is 912. The number of fused-ring (bicyclic) bond motifs is 1. The molecular formula is C18H20N2O2S. The van der Waals surface area contributed by atoms with Crippen molar-refractivity contribution in [2.24, 2.45) is 0 Å². The first kappa shape index (κ1) is 15.8. The van der Waals surface area contributed by atoms with Crippen molar-refractivity contribution in [3.05, 3.63) is 65.9 Å². The minimum absolute atomic E-state index is 0.194. The number of sulfonamides is 1. The molecule has 1 atom stereocenters. The van der Waals surface area contributed by atoms with E-state index < -0.39 is 10.0 Å². The summed E-state index contributed by atoms with van der Waals surface area (Å²) in [4.78, 5) is 3.52. The Hall–Kier alpha value is -2.11. The Kier molecular flexibility index (Phi) is 4.24. The van der Waals surface area contributed by atoms with Crippen molar-refractivity contribution in [2.75, 3.05) is 0 Å². The number of aromatic nitrogens is 1. The molecule has 0 saturated carbocycles. The summed E-state index contributed by atoms with van der Waals surface area (Å²) in [5.74, 6) is 0. The number of nitrogens with one attached hydrogen (secondary N) is 2. The predicted molar refractivity (Wildman–Crippen MR) is 93.0 cm³/mol. The van der Waals surface area contributed by atoms with Crippen molar-refractivity contribution in [1.29, 1.82) is 0 Å². The molecule has 0 fully saturated rings. The summed E-state index contributed by atoms with van der Waals surface area (Å²) >= 11 is 0. The fraction of sp³-hybridized carbons (Fsp3) is 0.222. The second-order valence-corrected chi connectivity index (χ2v) is 7.61. The van der Waals surface area contributed by atoms with Crippen molar-refractivity contribution < 1.29 is 8.42 Å². The maximum absolute atomic E-state index is 12.4. The van der Waals surface area contributed by atoms with E-state index in [0.717, 1.165) is 22.0 Å². The third-order valence-electron chi connectivity index (χ3n) is 3.89. The van der Waals surface area contributed by atoms with E-state index in [1.807, 2.05) is 44.3 Å². The first-order valence-electron chi connectivity index (χ1n) is 7.60. The zero-order chi connectivity index (χ0) is 16.4. The zero-order valence-electron chi connectivity index (χ0n) is 13.2. The number of aromatic amines is 1. The monoisotopic (exact) mass is 328 g/mol. The summed E-state index contributed by atoms with van der Waals surface area (Å²) in [6.45, 7) is 3.82. The topological polar surface area (TPSA) is 62.0 Å². The van der Waals surface area contributed by atoms with Gasteiger partial charge in [0.25, 0.3) is 0 Å². The van der Waals surface area contributed by atoms with Gasteiger partial charge in [0.1, 0.15) is 0 Å². The van der Waals surface area contributed by atoms with Crippen molar-refractivity contribution in [3.63, 3.8) is 0 Å². The van der Waals surface area contributed by atoms with Crippen LogP contribution in [-0.4, -0.2) is 19.4 Å². The lowest BCUT2D eigenvalue weighted by Gasteiger charge is -2.14. The largest absolute Gasteiger partial charge is 0.361 e. The highest BCUT2D eigenvalue weighted by atomic mass is 32.2. The zero-order valence-corrected chi connectivity index (χ0v) is 14.0. The maximum atomic E-state index is 12.4. The fourth-order valence-corrected chi connectivity index (χ4v) is 3.97. The fourth-order valence-electron chi connectivity index (χ4n) is 2.72. The minimum Gasteiger partial charge on any atom is -0.361 e. The third-order valence-corrected chi connectivity index (χ3v) is 5.49. The number of H-pyrrole nitrogens is 1. The van der Waals surface area contributed by atoms with Crippen LogP contribution in [0.4, 0.5) is 0 Å². The molecule has 0 unspecified atom stereocenters. The molecule has 0 bridgehead atoms. The molecule has 3 rings (SSSR count). The van der Waals surface area contributed by atoms with E-state index in [4.69, 9.17) is 0 Å². The first-order valence-corrected chi connectivity index (χ1v) is 9.08. The summed E-state index contributed by atoms with van der Waals surface area (Å²) in [6.07, 6.45) is 2.58. The Morgan fingerprint density at radius 3 is 2.52 bits per heavy atom. The quantitative estimate of drug-likeness (QED) is 0.754. The van der Waals surface area contributed by atoms with Gasteiger partial charge in [0.05, 0.1) is 4.90 Å². The van der Waals surface area contributed by atoms with E-state index in [-0.39, 0.29) is 6.04 Å². The molecule has 0 radical (unpaired) electrons. The van der Waals surface area contributed by atoms with Gasteiger partial charge in [0, 0.05) is 23.1 Å². The summed E-state index contributed by atoms with van der Waals surface area (Å²) in [6, 6.07) is 14.7. The molecule has 0 aliphatic heterocycles. The molecule has 0 aliphatic carbocycles. The smallest absolute Gasteiger partial charge is 0.240 e. The molecule has 120 valence electrons. The van der Waals surface area contributed by atoms with Crippen LogP contribution < -0.4 is 4.72 Å². The molecule has 23 heavy (non-hydrogen) atoms. The van der Waals surface area contributed by atoms with Gasteiger partial charge in [-0.1, -0.05) is 35.9 Å². The second kappa shape index (κ2) is 6.18. The van der Waals surface area contributed by atoms with Gasteiger partial charge >= 0.3 is 0 Å².